The first-order valence-corrected chi connectivity index (χ1v) is 11.3. The van der Waals surface area contributed by atoms with E-state index in [4.69, 9.17) is 0 Å². The van der Waals surface area contributed by atoms with Crippen molar-refractivity contribution in [2.45, 2.75) is 38.1 Å². The lowest BCUT2D eigenvalue weighted by atomic mass is 9.89. The fourth-order valence-corrected chi connectivity index (χ4v) is 4.63. The second kappa shape index (κ2) is 10.3. The van der Waals surface area contributed by atoms with E-state index in [0.29, 0.717) is 23.8 Å². The lowest BCUT2D eigenvalue weighted by Crippen LogP contribution is -2.36. The molecule has 32 heavy (non-hydrogen) atoms. The van der Waals surface area contributed by atoms with E-state index < -0.39 is 0 Å². The van der Waals surface area contributed by atoms with E-state index in [0.717, 1.165) is 18.2 Å². The molecule has 166 valence electrons. The van der Waals surface area contributed by atoms with Crippen LogP contribution in [-0.2, 0) is 16.1 Å². The van der Waals surface area contributed by atoms with E-state index in [1.54, 1.807) is 18.3 Å². The summed E-state index contributed by atoms with van der Waals surface area (Å²) >= 11 is 0. The highest BCUT2D eigenvalue weighted by atomic mass is 16.2. The van der Waals surface area contributed by atoms with E-state index in [2.05, 4.69) is 34.9 Å². The first-order valence-electron chi connectivity index (χ1n) is 11.3. The number of hydrogen-bond donors (Lipinski definition) is 2. The van der Waals surface area contributed by atoms with Crippen molar-refractivity contribution in [3.63, 3.8) is 0 Å². The Labute approximate surface area is 187 Å². The van der Waals surface area contributed by atoms with Crippen LogP contribution in [0.2, 0.25) is 0 Å². The summed E-state index contributed by atoms with van der Waals surface area (Å²) in [5.74, 6) is 0.606. The third kappa shape index (κ3) is 5.25. The fraction of sp³-hybridized carbons (Fsp3) is 0.346. The largest absolute Gasteiger partial charge is 0.356 e. The molecule has 3 aromatic rings. The molecule has 0 saturated heterocycles. The molecule has 2 atom stereocenters. The highest BCUT2D eigenvalue weighted by molar-refractivity contribution is 5.82. The Morgan fingerprint density at radius 1 is 0.906 bits per heavy atom. The van der Waals surface area contributed by atoms with Gasteiger partial charge in [-0.3, -0.25) is 14.4 Å². The maximum atomic E-state index is 12.5. The molecule has 4 rings (SSSR count). The minimum Gasteiger partial charge on any atom is -0.356 e. The maximum absolute atomic E-state index is 12.5. The van der Waals surface area contributed by atoms with Crippen molar-refractivity contribution in [1.82, 2.24) is 15.2 Å². The van der Waals surface area contributed by atoms with Crippen LogP contribution < -0.4 is 16.2 Å². The number of nitrogens with zero attached hydrogens (tertiary/aromatic N) is 1. The molecule has 1 aliphatic rings. The summed E-state index contributed by atoms with van der Waals surface area (Å²) in [7, 11) is 0. The summed E-state index contributed by atoms with van der Waals surface area (Å²) in [5.41, 5.74) is 1.15. The summed E-state index contributed by atoms with van der Waals surface area (Å²) in [5, 5.41) is 7.21. The number of rotatable bonds is 8. The Bertz CT molecular complexity index is 1140. The highest BCUT2D eigenvalue weighted by Gasteiger charge is 2.28. The van der Waals surface area contributed by atoms with Gasteiger partial charge >= 0.3 is 0 Å². The van der Waals surface area contributed by atoms with Crippen molar-refractivity contribution >= 4 is 22.6 Å². The Morgan fingerprint density at radius 3 is 2.53 bits per heavy atom. The van der Waals surface area contributed by atoms with Gasteiger partial charge in [-0.05, 0) is 47.8 Å². The molecule has 0 spiro atoms. The molecule has 0 aliphatic heterocycles. The number of fused-ring (bicyclic) bond motifs is 1. The third-order valence-electron chi connectivity index (χ3n) is 6.32. The lowest BCUT2D eigenvalue weighted by Gasteiger charge is -2.20. The summed E-state index contributed by atoms with van der Waals surface area (Å²) in [6.45, 7) is 0.852. The number of pyridine rings is 1. The van der Waals surface area contributed by atoms with Crippen LogP contribution in [0.5, 0.6) is 0 Å². The molecule has 0 unspecified atom stereocenters. The highest BCUT2D eigenvalue weighted by Crippen LogP contribution is 2.39. The van der Waals surface area contributed by atoms with Gasteiger partial charge in [0.1, 0.15) is 6.54 Å². The van der Waals surface area contributed by atoms with Gasteiger partial charge in [0.2, 0.25) is 11.8 Å². The Balaban J connectivity index is 1.21. The first kappa shape index (κ1) is 21.8. The van der Waals surface area contributed by atoms with Crippen LogP contribution >= 0.6 is 0 Å². The Morgan fingerprint density at radius 2 is 1.69 bits per heavy atom. The minimum atomic E-state index is -0.282. The van der Waals surface area contributed by atoms with Crippen molar-refractivity contribution in [1.29, 1.82) is 0 Å². The quantitative estimate of drug-likeness (QED) is 0.575. The second-order valence-corrected chi connectivity index (χ2v) is 8.45. The van der Waals surface area contributed by atoms with Crippen LogP contribution in [0.3, 0.4) is 0 Å². The molecule has 1 aromatic heterocycles. The van der Waals surface area contributed by atoms with Crippen LogP contribution in [0.15, 0.2) is 71.7 Å². The van der Waals surface area contributed by atoms with Crippen molar-refractivity contribution in [2.24, 2.45) is 5.92 Å². The van der Waals surface area contributed by atoms with Gasteiger partial charge in [-0.25, -0.2) is 0 Å². The summed E-state index contributed by atoms with van der Waals surface area (Å²) in [6.07, 6.45) is 5.32. The van der Waals surface area contributed by atoms with Crippen LogP contribution in [0, 0.1) is 5.92 Å². The van der Waals surface area contributed by atoms with Crippen molar-refractivity contribution < 1.29 is 9.59 Å². The van der Waals surface area contributed by atoms with Gasteiger partial charge in [0.25, 0.3) is 5.56 Å². The van der Waals surface area contributed by atoms with E-state index >= 15 is 0 Å². The van der Waals surface area contributed by atoms with Crippen LogP contribution in [0.4, 0.5) is 0 Å². The van der Waals surface area contributed by atoms with Crippen molar-refractivity contribution in [2.75, 3.05) is 13.1 Å². The van der Waals surface area contributed by atoms with Crippen LogP contribution in [0.1, 0.15) is 37.2 Å². The first-order chi connectivity index (χ1) is 15.6. The Hall–Kier alpha value is -3.41. The molecule has 6 nitrogen and oxygen atoms in total. The molecule has 2 amide bonds. The average molecular weight is 432 g/mol. The van der Waals surface area contributed by atoms with Gasteiger partial charge in [-0.1, -0.05) is 55.0 Å². The molecule has 6 heteroatoms. The van der Waals surface area contributed by atoms with Crippen LogP contribution in [-0.4, -0.2) is 29.5 Å². The smallest absolute Gasteiger partial charge is 0.258 e. The molecule has 2 aromatic carbocycles. The standard InChI is InChI=1S/C26H29N3O3/c30-24(28-17-21-10-6-12-22(21)19-7-2-1-3-8-19)13-15-27-25(31)18-29-16-14-20-9-4-5-11-23(20)26(29)32/h1-5,7-9,11,14,16,21-22H,6,10,12-13,15,17-18H2,(H,27,31)(H,28,30)/t21-,22+/m0/s1. The number of hydrogen-bond acceptors (Lipinski definition) is 3. The number of carbonyl (C=O) groups is 2. The van der Waals surface area contributed by atoms with Crippen molar-refractivity contribution in [3.05, 3.63) is 82.8 Å². The normalized spacial score (nSPS) is 17.9. The lowest BCUT2D eigenvalue weighted by molar-refractivity contribution is -0.122. The third-order valence-corrected chi connectivity index (χ3v) is 6.32. The second-order valence-electron chi connectivity index (χ2n) is 8.45. The van der Waals surface area contributed by atoms with Gasteiger partial charge < -0.3 is 15.2 Å². The zero-order valence-corrected chi connectivity index (χ0v) is 18.1. The van der Waals surface area contributed by atoms with Crippen molar-refractivity contribution in [3.8, 4) is 0 Å². The molecule has 2 N–H and O–H groups in total. The molecule has 1 aliphatic carbocycles. The molecular weight excluding hydrogens is 402 g/mol. The number of amides is 2. The van der Waals surface area contributed by atoms with Gasteiger partial charge in [0.05, 0.1) is 0 Å². The molecule has 1 saturated carbocycles. The van der Waals surface area contributed by atoms with Gasteiger partial charge in [0.15, 0.2) is 0 Å². The van der Waals surface area contributed by atoms with E-state index in [-0.39, 0.29) is 36.9 Å². The fourth-order valence-electron chi connectivity index (χ4n) is 4.63. The van der Waals surface area contributed by atoms with Gasteiger partial charge in [0, 0.05) is 31.1 Å². The molecule has 1 heterocycles. The van der Waals surface area contributed by atoms with E-state index in [1.165, 1.54) is 16.6 Å². The number of aromatic nitrogens is 1. The zero-order valence-electron chi connectivity index (χ0n) is 18.1. The molecular formula is C26H29N3O3. The number of nitrogens with one attached hydrogen (secondary N) is 2. The topological polar surface area (TPSA) is 80.2 Å². The summed E-state index contributed by atoms with van der Waals surface area (Å²) in [6, 6.07) is 19.6. The summed E-state index contributed by atoms with van der Waals surface area (Å²) in [4.78, 5) is 37.0. The maximum Gasteiger partial charge on any atom is 0.258 e. The van der Waals surface area contributed by atoms with Crippen LogP contribution in [0.25, 0.3) is 10.8 Å². The molecule has 1 fully saturated rings. The van der Waals surface area contributed by atoms with E-state index in [9.17, 15) is 14.4 Å². The SMILES string of the molecule is O=C(CCNC(=O)Cn1ccc2ccccc2c1=O)NC[C@@H]1CCC[C@@H]1c1ccccc1. The zero-order chi connectivity index (χ0) is 22.3. The Kier molecular flexibility index (Phi) is 7.00. The predicted octanol–water partition coefficient (Wildman–Crippen LogP) is 3.21. The average Bonchev–Trinajstić information content (AvgIpc) is 3.29. The number of benzene rings is 2. The molecule has 0 bridgehead atoms. The minimum absolute atomic E-state index is 0.0631. The number of carbonyl (C=O) groups excluding carboxylic acids is 2. The van der Waals surface area contributed by atoms with E-state index in [1.807, 2.05) is 24.3 Å². The van der Waals surface area contributed by atoms with Gasteiger partial charge in [-0.15, -0.1) is 0 Å². The van der Waals surface area contributed by atoms with Gasteiger partial charge in [-0.2, -0.15) is 0 Å². The molecule has 0 radical (unpaired) electrons. The summed E-state index contributed by atoms with van der Waals surface area (Å²) < 4.78 is 1.39. The predicted molar refractivity (Wildman–Crippen MR) is 125 cm³/mol. The monoisotopic (exact) mass is 431 g/mol.